The van der Waals surface area contributed by atoms with E-state index in [0.29, 0.717) is 11.1 Å². The van der Waals surface area contributed by atoms with Crippen molar-refractivity contribution < 1.29 is 59.9 Å². The summed E-state index contributed by atoms with van der Waals surface area (Å²) in [6, 6.07) is 5.01. The quantitative estimate of drug-likeness (QED) is 0.282. The van der Waals surface area contributed by atoms with Crippen LogP contribution in [0.15, 0.2) is 24.3 Å². The largest absolute Gasteiger partial charge is 1.00 e. The van der Waals surface area contributed by atoms with Crippen LogP contribution in [0.25, 0.3) is 6.08 Å². The van der Waals surface area contributed by atoms with Crippen LogP contribution in [0.3, 0.4) is 0 Å². The second-order valence-corrected chi connectivity index (χ2v) is 4.76. The maximum absolute atomic E-state index is 10.4. The summed E-state index contributed by atoms with van der Waals surface area (Å²) in [6.45, 7) is -0.782. The average molecular weight is 318 g/mol. The molecule has 0 bridgehead atoms. The fourth-order valence-electron chi connectivity index (χ4n) is 1.94. The van der Waals surface area contributed by atoms with Gasteiger partial charge < -0.3 is 30.3 Å². The first-order valence-electron chi connectivity index (χ1n) is 6.55. The van der Waals surface area contributed by atoms with Crippen LogP contribution in [-0.2, 0) is 17.6 Å². The predicted molar refractivity (Wildman–Crippen MR) is 74.1 cm³/mol. The van der Waals surface area contributed by atoms with Crippen LogP contribution in [0.4, 0.5) is 0 Å². The second kappa shape index (κ2) is 10.9. The molecular weight excluding hydrogens is 299 g/mol. The van der Waals surface area contributed by atoms with Crippen molar-refractivity contribution in [3.63, 3.8) is 0 Å². The van der Waals surface area contributed by atoms with Crippen molar-refractivity contribution in [2.45, 2.75) is 25.0 Å². The molecule has 1 rings (SSSR count). The van der Waals surface area contributed by atoms with E-state index in [2.05, 4.69) is 0 Å². The Morgan fingerprint density at radius 1 is 1.09 bits per heavy atom. The zero-order valence-corrected chi connectivity index (χ0v) is 14.5. The van der Waals surface area contributed by atoms with E-state index in [9.17, 15) is 20.1 Å². The smallest absolute Gasteiger partial charge is 0.545 e. The number of benzene rings is 1. The standard InChI is InChI=1S/C15H20O6.Na/c16-8-13(18)6-11-3-1-10(2-4-15(20)21)5-12(11)7-14(19)9-17;/h1-5,13-14,16-19H,6-9H2,(H,20,21);/q;+1/p-1. The van der Waals surface area contributed by atoms with Gasteiger partial charge in [0.05, 0.1) is 31.4 Å². The van der Waals surface area contributed by atoms with Gasteiger partial charge in [-0.1, -0.05) is 24.3 Å². The van der Waals surface area contributed by atoms with Crippen molar-refractivity contribution in [2.24, 2.45) is 0 Å². The third-order valence-corrected chi connectivity index (χ3v) is 2.97. The first-order chi connectivity index (χ1) is 9.96. The molecule has 0 aromatic heterocycles. The van der Waals surface area contributed by atoms with Gasteiger partial charge in [0.2, 0.25) is 0 Å². The maximum Gasteiger partial charge on any atom is 1.00 e. The Morgan fingerprint density at radius 3 is 2.14 bits per heavy atom. The summed E-state index contributed by atoms with van der Waals surface area (Å²) < 4.78 is 0. The van der Waals surface area contributed by atoms with Crippen LogP contribution >= 0.6 is 0 Å². The number of carbonyl (C=O) groups is 1. The van der Waals surface area contributed by atoms with Crippen molar-refractivity contribution in [1.82, 2.24) is 0 Å². The van der Waals surface area contributed by atoms with E-state index in [1.54, 1.807) is 18.2 Å². The van der Waals surface area contributed by atoms with Gasteiger partial charge in [0.15, 0.2) is 0 Å². The molecule has 0 fully saturated rings. The molecule has 1 aromatic rings. The molecule has 0 radical (unpaired) electrons. The number of aliphatic hydroxyl groups is 4. The van der Waals surface area contributed by atoms with Crippen molar-refractivity contribution >= 4 is 12.0 Å². The normalized spacial score (nSPS) is 13.6. The molecule has 6 nitrogen and oxygen atoms in total. The molecule has 0 saturated carbocycles. The molecule has 0 heterocycles. The van der Waals surface area contributed by atoms with Crippen LogP contribution < -0.4 is 34.7 Å². The first kappa shape index (κ1) is 21.3. The van der Waals surface area contributed by atoms with Crippen molar-refractivity contribution in [2.75, 3.05) is 13.2 Å². The second-order valence-electron chi connectivity index (χ2n) is 4.76. The van der Waals surface area contributed by atoms with Gasteiger partial charge in [0, 0.05) is 12.8 Å². The Hall–Kier alpha value is -0.730. The first-order valence-corrected chi connectivity index (χ1v) is 6.55. The monoisotopic (exact) mass is 318 g/mol. The van der Waals surface area contributed by atoms with Gasteiger partial charge in [-0.3, -0.25) is 0 Å². The Labute approximate surface area is 151 Å². The number of aliphatic hydroxyl groups excluding tert-OH is 4. The van der Waals surface area contributed by atoms with E-state index in [4.69, 9.17) is 10.2 Å². The fourth-order valence-corrected chi connectivity index (χ4v) is 1.94. The molecule has 22 heavy (non-hydrogen) atoms. The number of aliphatic carboxylic acids is 1. The van der Waals surface area contributed by atoms with Gasteiger partial charge in [0.1, 0.15) is 0 Å². The van der Waals surface area contributed by atoms with E-state index in [1.807, 2.05) is 0 Å². The van der Waals surface area contributed by atoms with Gasteiger partial charge in [-0.15, -0.1) is 0 Å². The van der Waals surface area contributed by atoms with E-state index in [1.165, 1.54) is 6.08 Å². The van der Waals surface area contributed by atoms with E-state index < -0.39 is 24.8 Å². The molecule has 1 aromatic carbocycles. The molecule has 0 spiro atoms. The van der Waals surface area contributed by atoms with Crippen LogP contribution in [0.5, 0.6) is 0 Å². The topological polar surface area (TPSA) is 121 Å². The third kappa shape index (κ3) is 7.51. The molecule has 7 heteroatoms. The van der Waals surface area contributed by atoms with Gasteiger partial charge >= 0.3 is 29.6 Å². The fraction of sp³-hybridized carbons (Fsp3) is 0.400. The molecule has 0 amide bonds. The van der Waals surface area contributed by atoms with Gasteiger partial charge in [-0.25, -0.2) is 0 Å². The van der Waals surface area contributed by atoms with E-state index in [-0.39, 0.29) is 49.0 Å². The number of carbonyl (C=O) groups excluding carboxylic acids is 1. The summed E-state index contributed by atoms with van der Waals surface area (Å²) in [5, 5.41) is 47.3. The summed E-state index contributed by atoms with van der Waals surface area (Å²) >= 11 is 0. The van der Waals surface area contributed by atoms with Gasteiger partial charge in [-0.2, -0.15) is 0 Å². The maximum atomic E-state index is 10.4. The summed E-state index contributed by atoms with van der Waals surface area (Å²) in [5.74, 6) is -1.31. The number of carboxylic acid groups (broad SMARTS) is 1. The molecule has 0 aliphatic rings. The summed E-state index contributed by atoms with van der Waals surface area (Å²) in [6.07, 6.45) is 0.751. The number of hydrogen-bond acceptors (Lipinski definition) is 6. The van der Waals surface area contributed by atoms with Crippen LogP contribution in [-0.4, -0.2) is 51.8 Å². The van der Waals surface area contributed by atoms with Gasteiger partial charge in [0.25, 0.3) is 0 Å². The van der Waals surface area contributed by atoms with Crippen molar-refractivity contribution in [3.05, 3.63) is 41.0 Å². The Balaban J connectivity index is 0.00000441. The average Bonchev–Trinajstić information content (AvgIpc) is 2.46. The van der Waals surface area contributed by atoms with Crippen LogP contribution in [0.1, 0.15) is 16.7 Å². The summed E-state index contributed by atoms with van der Waals surface area (Å²) in [5.41, 5.74) is 1.99. The minimum absolute atomic E-state index is 0. The Kier molecular flexibility index (Phi) is 10.5. The van der Waals surface area contributed by atoms with Crippen molar-refractivity contribution in [1.29, 1.82) is 0 Å². The zero-order valence-electron chi connectivity index (χ0n) is 12.5. The molecule has 2 unspecified atom stereocenters. The van der Waals surface area contributed by atoms with Gasteiger partial charge in [-0.05, 0) is 22.8 Å². The van der Waals surface area contributed by atoms with Crippen LogP contribution in [0, 0.1) is 0 Å². The number of hydrogen-bond donors (Lipinski definition) is 4. The molecule has 4 N–H and O–H groups in total. The minimum atomic E-state index is -1.31. The molecule has 0 saturated heterocycles. The Bertz CT molecular complexity index is 503. The summed E-state index contributed by atoms with van der Waals surface area (Å²) in [4.78, 5) is 10.4. The zero-order chi connectivity index (χ0) is 15.8. The predicted octanol–water partition coefficient (Wildman–Crippen LogP) is -4.75. The molecular formula is C15H19NaO6. The number of carboxylic acids is 1. The van der Waals surface area contributed by atoms with Crippen molar-refractivity contribution in [3.8, 4) is 0 Å². The van der Waals surface area contributed by atoms with Crippen LogP contribution in [0.2, 0.25) is 0 Å². The third-order valence-electron chi connectivity index (χ3n) is 2.97. The summed E-state index contributed by atoms with van der Waals surface area (Å²) in [7, 11) is 0. The molecule has 0 aliphatic heterocycles. The molecule has 0 aliphatic carbocycles. The Morgan fingerprint density at radius 2 is 1.64 bits per heavy atom. The molecule has 2 atom stereocenters. The molecule has 116 valence electrons. The van der Waals surface area contributed by atoms with E-state index >= 15 is 0 Å². The minimum Gasteiger partial charge on any atom is -0.545 e. The number of rotatable bonds is 8. The van der Waals surface area contributed by atoms with E-state index in [0.717, 1.165) is 11.6 Å². The SMILES string of the molecule is O=C([O-])C=Cc1ccc(CC(O)CO)c(CC(O)CO)c1.[Na+].